The Morgan fingerprint density at radius 3 is 3.05 bits per heavy atom. The molecular weight excluding hydrogens is 292 g/mol. The largest absolute Gasteiger partial charge is 0.380 e. The van der Waals surface area contributed by atoms with Crippen molar-refractivity contribution in [1.82, 2.24) is 19.4 Å². The summed E-state index contributed by atoms with van der Waals surface area (Å²) in [7, 11) is -1.84. The second-order valence-corrected chi connectivity index (χ2v) is 7.09. The van der Waals surface area contributed by atoms with Crippen LogP contribution in [0.5, 0.6) is 0 Å². The van der Waals surface area contributed by atoms with Gasteiger partial charge in [-0.05, 0) is 19.4 Å². The van der Waals surface area contributed by atoms with Crippen molar-refractivity contribution in [3.63, 3.8) is 0 Å². The van der Waals surface area contributed by atoms with E-state index in [4.69, 9.17) is 4.74 Å². The third kappa shape index (κ3) is 4.03. The fraction of sp³-hybridized carbons (Fsp3) is 0.769. The smallest absolute Gasteiger partial charge is 0.246 e. The molecule has 1 aromatic rings. The van der Waals surface area contributed by atoms with Crippen LogP contribution in [0.3, 0.4) is 0 Å². The first-order valence-corrected chi connectivity index (χ1v) is 8.78. The number of methoxy groups -OCH3 is 1. The molecule has 2 rings (SSSR count). The van der Waals surface area contributed by atoms with Crippen LogP contribution in [0.15, 0.2) is 17.3 Å². The molecule has 1 aliphatic heterocycles. The molecule has 21 heavy (non-hydrogen) atoms. The molecule has 1 aromatic heterocycles. The Kier molecular flexibility index (Phi) is 5.74. The zero-order valence-corrected chi connectivity index (χ0v) is 13.5. The number of likely N-dealkylation sites (N-methyl/N-ethyl adjacent to an activating group) is 1. The van der Waals surface area contributed by atoms with Gasteiger partial charge in [0, 0.05) is 32.9 Å². The van der Waals surface area contributed by atoms with Gasteiger partial charge in [0.25, 0.3) is 0 Å². The standard InChI is InChI=1S/C13H24N4O3S/c1-3-14-6-8-16-11-13(9-15-16)21(18,19)17-7-4-5-12(10-17)20-2/h9,11-12,14H,3-8,10H2,1-2H3. The number of hydrogen-bond acceptors (Lipinski definition) is 5. The highest BCUT2D eigenvalue weighted by atomic mass is 32.2. The molecule has 2 heterocycles. The van der Waals surface area contributed by atoms with Gasteiger partial charge >= 0.3 is 0 Å². The number of hydrogen-bond donors (Lipinski definition) is 1. The van der Waals surface area contributed by atoms with Gasteiger partial charge in [-0.1, -0.05) is 6.92 Å². The van der Waals surface area contributed by atoms with Gasteiger partial charge in [0.05, 0.1) is 18.8 Å². The second kappa shape index (κ2) is 7.35. The van der Waals surface area contributed by atoms with E-state index in [1.54, 1.807) is 18.0 Å². The first-order valence-electron chi connectivity index (χ1n) is 7.34. The van der Waals surface area contributed by atoms with Crippen molar-refractivity contribution >= 4 is 10.0 Å². The van der Waals surface area contributed by atoms with E-state index in [0.29, 0.717) is 19.6 Å². The summed E-state index contributed by atoms with van der Waals surface area (Å²) in [6, 6.07) is 0. The first-order chi connectivity index (χ1) is 10.1. The summed E-state index contributed by atoms with van der Waals surface area (Å²) in [6.07, 6.45) is 4.75. The maximum absolute atomic E-state index is 12.6. The number of aromatic nitrogens is 2. The molecule has 0 amide bonds. The lowest BCUT2D eigenvalue weighted by atomic mass is 10.1. The predicted molar refractivity (Wildman–Crippen MR) is 79.6 cm³/mol. The molecule has 0 radical (unpaired) electrons. The topological polar surface area (TPSA) is 76.5 Å². The molecule has 1 atom stereocenters. The zero-order chi connectivity index (χ0) is 15.3. The van der Waals surface area contributed by atoms with E-state index in [1.165, 1.54) is 10.5 Å². The van der Waals surface area contributed by atoms with E-state index in [2.05, 4.69) is 10.4 Å². The molecule has 0 spiro atoms. The zero-order valence-electron chi connectivity index (χ0n) is 12.7. The molecule has 0 aliphatic carbocycles. The minimum Gasteiger partial charge on any atom is -0.380 e. The van der Waals surface area contributed by atoms with Crippen LogP contribution in [-0.2, 0) is 21.3 Å². The third-order valence-corrected chi connectivity index (χ3v) is 5.51. The van der Waals surface area contributed by atoms with Crippen molar-refractivity contribution in [2.45, 2.75) is 37.3 Å². The summed E-state index contributed by atoms with van der Waals surface area (Å²) in [5, 5.41) is 7.31. The number of piperidine rings is 1. The monoisotopic (exact) mass is 316 g/mol. The SMILES string of the molecule is CCNCCn1cc(S(=O)(=O)N2CCCC(OC)C2)cn1. The van der Waals surface area contributed by atoms with Crippen molar-refractivity contribution < 1.29 is 13.2 Å². The number of rotatable bonds is 7. The summed E-state index contributed by atoms with van der Waals surface area (Å²) in [4.78, 5) is 0.260. The molecular formula is C13H24N4O3S. The van der Waals surface area contributed by atoms with Crippen LogP contribution in [0.2, 0.25) is 0 Å². The average Bonchev–Trinajstić information content (AvgIpc) is 2.97. The lowest BCUT2D eigenvalue weighted by molar-refractivity contribution is 0.0572. The Morgan fingerprint density at radius 1 is 1.52 bits per heavy atom. The minimum absolute atomic E-state index is 0.0164. The van der Waals surface area contributed by atoms with Crippen molar-refractivity contribution in [1.29, 1.82) is 0 Å². The van der Waals surface area contributed by atoms with Gasteiger partial charge in [-0.25, -0.2) is 8.42 Å². The van der Waals surface area contributed by atoms with Crippen LogP contribution in [-0.4, -0.2) is 61.9 Å². The Morgan fingerprint density at radius 2 is 2.33 bits per heavy atom. The van der Waals surface area contributed by atoms with Crippen molar-refractivity contribution in [3.8, 4) is 0 Å². The maximum Gasteiger partial charge on any atom is 0.246 e. The summed E-state index contributed by atoms with van der Waals surface area (Å²) in [5.41, 5.74) is 0. The van der Waals surface area contributed by atoms with Crippen LogP contribution >= 0.6 is 0 Å². The maximum atomic E-state index is 12.6. The Labute approximate surface area is 126 Å². The summed E-state index contributed by atoms with van der Waals surface area (Å²) in [5.74, 6) is 0. The highest BCUT2D eigenvalue weighted by molar-refractivity contribution is 7.89. The number of nitrogens with one attached hydrogen (secondary N) is 1. The molecule has 1 saturated heterocycles. The van der Waals surface area contributed by atoms with E-state index in [9.17, 15) is 8.42 Å². The molecule has 0 bridgehead atoms. The molecule has 0 saturated carbocycles. The van der Waals surface area contributed by atoms with Gasteiger partial charge in [-0.15, -0.1) is 0 Å². The van der Waals surface area contributed by atoms with Crippen molar-refractivity contribution in [2.24, 2.45) is 0 Å². The highest BCUT2D eigenvalue weighted by Gasteiger charge is 2.31. The van der Waals surface area contributed by atoms with Gasteiger partial charge in [-0.2, -0.15) is 9.40 Å². The summed E-state index contributed by atoms with van der Waals surface area (Å²) >= 11 is 0. The minimum atomic E-state index is -3.47. The molecule has 0 aromatic carbocycles. The van der Waals surface area contributed by atoms with Crippen molar-refractivity contribution in [3.05, 3.63) is 12.4 Å². The molecule has 7 nitrogen and oxygen atoms in total. The number of sulfonamides is 1. The number of nitrogens with zero attached hydrogens (tertiary/aromatic N) is 3. The number of ether oxygens (including phenoxy) is 1. The Hall–Kier alpha value is -0.960. The van der Waals surface area contributed by atoms with Crippen LogP contribution in [0.4, 0.5) is 0 Å². The fourth-order valence-corrected chi connectivity index (χ4v) is 3.90. The van der Waals surface area contributed by atoms with Gasteiger partial charge in [0.1, 0.15) is 4.90 Å². The average molecular weight is 316 g/mol. The Bertz CT molecular complexity index is 543. The van der Waals surface area contributed by atoms with Gasteiger partial charge in [-0.3, -0.25) is 4.68 Å². The summed E-state index contributed by atoms with van der Waals surface area (Å²) in [6.45, 7) is 5.31. The summed E-state index contributed by atoms with van der Waals surface area (Å²) < 4.78 is 33.6. The molecule has 1 N–H and O–H groups in total. The van der Waals surface area contributed by atoms with E-state index in [1.807, 2.05) is 6.92 Å². The highest BCUT2D eigenvalue weighted by Crippen LogP contribution is 2.21. The Balaban J connectivity index is 2.05. The second-order valence-electron chi connectivity index (χ2n) is 5.16. The lowest BCUT2D eigenvalue weighted by Crippen LogP contribution is -2.42. The third-order valence-electron chi connectivity index (χ3n) is 3.69. The van der Waals surface area contributed by atoms with Gasteiger partial charge in [0.15, 0.2) is 0 Å². The van der Waals surface area contributed by atoms with Crippen LogP contribution < -0.4 is 5.32 Å². The molecule has 8 heteroatoms. The van der Waals surface area contributed by atoms with Crippen LogP contribution in [0.25, 0.3) is 0 Å². The lowest BCUT2D eigenvalue weighted by Gasteiger charge is -2.30. The molecule has 120 valence electrons. The van der Waals surface area contributed by atoms with Crippen molar-refractivity contribution in [2.75, 3.05) is 33.3 Å². The van der Waals surface area contributed by atoms with E-state index < -0.39 is 10.0 Å². The van der Waals surface area contributed by atoms with Gasteiger partial charge < -0.3 is 10.1 Å². The van der Waals surface area contributed by atoms with E-state index in [-0.39, 0.29) is 11.0 Å². The van der Waals surface area contributed by atoms with Crippen LogP contribution in [0, 0.1) is 0 Å². The predicted octanol–water partition coefficient (Wildman–Crippen LogP) is 0.292. The fourth-order valence-electron chi connectivity index (χ4n) is 2.44. The van der Waals surface area contributed by atoms with E-state index >= 15 is 0 Å². The quantitative estimate of drug-likeness (QED) is 0.732. The first kappa shape index (κ1) is 16.4. The van der Waals surface area contributed by atoms with E-state index in [0.717, 1.165) is 25.9 Å². The van der Waals surface area contributed by atoms with Gasteiger partial charge in [0.2, 0.25) is 10.0 Å². The van der Waals surface area contributed by atoms with Crippen LogP contribution in [0.1, 0.15) is 19.8 Å². The molecule has 1 unspecified atom stereocenters. The molecule has 1 fully saturated rings. The normalized spacial score (nSPS) is 20.8. The molecule has 1 aliphatic rings.